The number of nitrogens with zero attached hydrogens (tertiary/aromatic N) is 3. The molecule has 0 spiro atoms. The summed E-state index contributed by atoms with van der Waals surface area (Å²) in [5, 5.41) is 2.80. The number of nitrogens with two attached hydrogens (primary N) is 1. The standard InChI is InChI=1S/C22H28N6O3/c1-14-16(7-8-18(23)25-14)11-24-19(29)13-27-10-9-17-20(21(27)30)26-22(31)28(17)12-15-5-3-2-4-6-15/h7-10,15H,2-6,11-13H2,1H3,(H2,23,25)(H,24,29)(H,26,31). The molecule has 9 heteroatoms. The minimum atomic E-state index is -0.377. The molecule has 3 heterocycles. The van der Waals surface area contributed by atoms with E-state index >= 15 is 0 Å². The summed E-state index contributed by atoms with van der Waals surface area (Å²) < 4.78 is 2.97. The first-order valence-electron chi connectivity index (χ1n) is 10.7. The molecule has 0 bridgehead atoms. The van der Waals surface area contributed by atoms with Crippen LogP contribution in [0.2, 0.25) is 0 Å². The minimum absolute atomic E-state index is 0.133. The zero-order chi connectivity index (χ0) is 22.0. The molecule has 4 rings (SSSR count). The summed E-state index contributed by atoms with van der Waals surface area (Å²) in [7, 11) is 0. The number of hydrogen-bond acceptors (Lipinski definition) is 5. The summed E-state index contributed by atoms with van der Waals surface area (Å²) in [6.07, 6.45) is 7.43. The summed E-state index contributed by atoms with van der Waals surface area (Å²) in [4.78, 5) is 44.6. The predicted molar refractivity (Wildman–Crippen MR) is 119 cm³/mol. The van der Waals surface area contributed by atoms with Crippen LogP contribution in [0.3, 0.4) is 0 Å². The highest BCUT2D eigenvalue weighted by molar-refractivity contribution is 5.77. The predicted octanol–water partition coefficient (Wildman–Crippen LogP) is 1.67. The number of aryl methyl sites for hydroxylation is 1. The van der Waals surface area contributed by atoms with Gasteiger partial charge in [-0.2, -0.15) is 0 Å². The Labute approximate surface area is 179 Å². The first-order chi connectivity index (χ1) is 14.9. The first-order valence-corrected chi connectivity index (χ1v) is 10.7. The summed E-state index contributed by atoms with van der Waals surface area (Å²) in [5.74, 6) is 0.587. The number of hydrogen-bond donors (Lipinski definition) is 3. The Morgan fingerprint density at radius 2 is 2.00 bits per heavy atom. The van der Waals surface area contributed by atoms with Gasteiger partial charge in [-0.15, -0.1) is 0 Å². The second-order valence-electron chi connectivity index (χ2n) is 8.31. The molecule has 0 aromatic carbocycles. The lowest BCUT2D eigenvalue weighted by Gasteiger charge is -2.21. The van der Waals surface area contributed by atoms with Gasteiger partial charge in [-0.3, -0.25) is 14.2 Å². The molecule has 31 heavy (non-hydrogen) atoms. The van der Waals surface area contributed by atoms with Crippen LogP contribution >= 0.6 is 0 Å². The van der Waals surface area contributed by atoms with E-state index in [1.54, 1.807) is 22.9 Å². The molecule has 0 aliphatic heterocycles. The van der Waals surface area contributed by atoms with Crippen LogP contribution < -0.4 is 22.3 Å². The van der Waals surface area contributed by atoms with E-state index < -0.39 is 0 Å². The van der Waals surface area contributed by atoms with Crippen LogP contribution in [0.4, 0.5) is 5.82 Å². The van der Waals surface area contributed by atoms with Gasteiger partial charge >= 0.3 is 5.69 Å². The van der Waals surface area contributed by atoms with Gasteiger partial charge in [0.2, 0.25) is 5.91 Å². The number of aromatic amines is 1. The van der Waals surface area contributed by atoms with E-state index in [0.717, 1.165) is 24.1 Å². The van der Waals surface area contributed by atoms with Crippen LogP contribution in [0, 0.1) is 12.8 Å². The molecule has 3 aromatic rings. The van der Waals surface area contributed by atoms with Crippen molar-refractivity contribution in [1.29, 1.82) is 0 Å². The van der Waals surface area contributed by atoms with Gasteiger partial charge in [-0.25, -0.2) is 9.78 Å². The molecule has 1 amide bonds. The Morgan fingerprint density at radius 1 is 1.23 bits per heavy atom. The maximum Gasteiger partial charge on any atom is 0.326 e. The Balaban J connectivity index is 1.48. The van der Waals surface area contributed by atoms with E-state index in [4.69, 9.17) is 5.73 Å². The Bertz CT molecular complexity index is 1220. The normalized spacial score (nSPS) is 14.7. The fourth-order valence-electron chi connectivity index (χ4n) is 4.33. The molecular formula is C22H28N6O3. The van der Waals surface area contributed by atoms with Gasteiger partial charge in [0.05, 0.1) is 5.52 Å². The van der Waals surface area contributed by atoms with E-state index in [-0.39, 0.29) is 29.2 Å². The van der Waals surface area contributed by atoms with Gasteiger partial charge in [-0.05, 0) is 43.4 Å². The zero-order valence-electron chi connectivity index (χ0n) is 17.7. The summed E-state index contributed by atoms with van der Waals surface area (Å²) in [5.41, 5.74) is 7.44. The smallest absolute Gasteiger partial charge is 0.326 e. The Kier molecular flexibility index (Phi) is 5.92. The molecule has 1 aliphatic rings. The third-order valence-electron chi connectivity index (χ3n) is 6.08. The van der Waals surface area contributed by atoms with Gasteiger partial charge in [0.15, 0.2) is 0 Å². The largest absolute Gasteiger partial charge is 0.384 e. The van der Waals surface area contributed by atoms with Gasteiger partial charge < -0.3 is 20.6 Å². The molecule has 1 fully saturated rings. The van der Waals surface area contributed by atoms with Crippen molar-refractivity contribution in [2.24, 2.45) is 5.92 Å². The van der Waals surface area contributed by atoms with Gasteiger partial charge in [0.1, 0.15) is 17.9 Å². The number of aromatic nitrogens is 4. The second kappa shape index (κ2) is 8.79. The Hall–Kier alpha value is -3.36. The number of carbonyl (C=O) groups excluding carboxylic acids is 1. The number of amides is 1. The number of nitrogens with one attached hydrogen (secondary N) is 2. The van der Waals surface area contributed by atoms with Crippen molar-refractivity contribution in [3.8, 4) is 0 Å². The zero-order valence-corrected chi connectivity index (χ0v) is 17.7. The number of anilines is 1. The number of nitrogen functional groups attached to an aromatic ring is 1. The van der Waals surface area contributed by atoms with E-state index in [1.165, 1.54) is 23.8 Å². The fourth-order valence-corrected chi connectivity index (χ4v) is 4.33. The molecule has 4 N–H and O–H groups in total. The minimum Gasteiger partial charge on any atom is -0.384 e. The molecule has 164 valence electrons. The molecule has 1 saturated carbocycles. The number of imidazole rings is 1. The number of carbonyl (C=O) groups is 1. The van der Waals surface area contributed by atoms with E-state index in [9.17, 15) is 14.4 Å². The van der Waals surface area contributed by atoms with Crippen molar-refractivity contribution in [2.75, 3.05) is 5.73 Å². The molecule has 3 aromatic heterocycles. The van der Waals surface area contributed by atoms with Crippen LogP contribution in [0.1, 0.15) is 43.4 Å². The maximum absolute atomic E-state index is 12.9. The van der Waals surface area contributed by atoms with Crippen LogP contribution in [0.5, 0.6) is 0 Å². The topological polar surface area (TPSA) is 128 Å². The molecule has 0 saturated heterocycles. The van der Waals surface area contributed by atoms with Crippen LogP contribution in [0.25, 0.3) is 11.0 Å². The van der Waals surface area contributed by atoms with E-state index in [1.807, 2.05) is 13.0 Å². The van der Waals surface area contributed by atoms with Crippen molar-refractivity contribution < 1.29 is 4.79 Å². The third kappa shape index (κ3) is 4.55. The first kappa shape index (κ1) is 20.9. The molecule has 9 nitrogen and oxygen atoms in total. The average molecular weight is 425 g/mol. The maximum atomic E-state index is 12.9. The lowest BCUT2D eigenvalue weighted by molar-refractivity contribution is -0.121. The number of fused-ring (bicyclic) bond motifs is 1. The molecule has 1 aliphatic carbocycles. The van der Waals surface area contributed by atoms with Crippen molar-refractivity contribution in [1.82, 2.24) is 24.4 Å². The summed E-state index contributed by atoms with van der Waals surface area (Å²) >= 11 is 0. The van der Waals surface area contributed by atoms with Crippen molar-refractivity contribution in [3.63, 3.8) is 0 Å². The number of rotatable bonds is 6. The highest BCUT2D eigenvalue weighted by Crippen LogP contribution is 2.25. The van der Waals surface area contributed by atoms with Gasteiger partial charge in [0.25, 0.3) is 5.56 Å². The van der Waals surface area contributed by atoms with Gasteiger partial charge in [0, 0.05) is 25.0 Å². The lowest BCUT2D eigenvalue weighted by Crippen LogP contribution is -2.32. The van der Waals surface area contributed by atoms with Crippen LogP contribution in [-0.4, -0.2) is 25.0 Å². The Morgan fingerprint density at radius 3 is 2.74 bits per heavy atom. The number of pyridine rings is 2. The van der Waals surface area contributed by atoms with E-state index in [0.29, 0.717) is 30.3 Å². The molecule has 0 atom stereocenters. The highest BCUT2D eigenvalue weighted by atomic mass is 16.2. The van der Waals surface area contributed by atoms with Crippen molar-refractivity contribution >= 4 is 22.8 Å². The van der Waals surface area contributed by atoms with Crippen molar-refractivity contribution in [2.45, 2.75) is 58.7 Å². The summed E-state index contributed by atoms with van der Waals surface area (Å²) in [6, 6.07) is 5.23. The molecule has 0 unspecified atom stereocenters. The second-order valence-corrected chi connectivity index (χ2v) is 8.31. The van der Waals surface area contributed by atoms with E-state index in [2.05, 4.69) is 15.3 Å². The third-order valence-corrected chi connectivity index (χ3v) is 6.08. The SMILES string of the molecule is Cc1nc(N)ccc1CNC(=O)Cn1ccc2c([nH]c(=O)n2CC2CCCCC2)c1=O. The summed E-state index contributed by atoms with van der Waals surface area (Å²) in [6.45, 7) is 2.61. The lowest BCUT2D eigenvalue weighted by atomic mass is 9.89. The van der Waals surface area contributed by atoms with Gasteiger partial charge in [-0.1, -0.05) is 25.3 Å². The fraction of sp³-hybridized carbons (Fsp3) is 0.455. The average Bonchev–Trinajstić information content (AvgIpc) is 3.06. The number of H-pyrrole nitrogens is 1. The van der Waals surface area contributed by atoms with Crippen LogP contribution in [0.15, 0.2) is 34.0 Å². The molecular weight excluding hydrogens is 396 g/mol. The molecule has 0 radical (unpaired) electrons. The highest BCUT2D eigenvalue weighted by Gasteiger charge is 2.18. The van der Waals surface area contributed by atoms with Crippen molar-refractivity contribution in [3.05, 3.63) is 56.5 Å². The monoisotopic (exact) mass is 424 g/mol. The van der Waals surface area contributed by atoms with Crippen LogP contribution in [-0.2, 0) is 24.4 Å². The quantitative estimate of drug-likeness (QED) is 0.555.